The van der Waals surface area contributed by atoms with E-state index in [0.29, 0.717) is 0 Å². The van der Waals surface area contributed by atoms with E-state index in [-0.39, 0.29) is 24.0 Å². The lowest BCUT2D eigenvalue weighted by atomic mass is 10.2. The molecular weight excluding hydrogens is 371 g/mol. The second-order valence-electron chi connectivity index (χ2n) is 4.60. The second kappa shape index (κ2) is 7.13. The van der Waals surface area contributed by atoms with Crippen LogP contribution in [0.1, 0.15) is 0 Å². The summed E-state index contributed by atoms with van der Waals surface area (Å²) < 4.78 is 0. The second-order valence-corrected chi connectivity index (χ2v) is 4.60. The summed E-state index contributed by atoms with van der Waals surface area (Å²) in [6.07, 6.45) is 0. The fraction of sp³-hybridized carbons (Fsp3) is 0. The van der Waals surface area contributed by atoms with Crippen molar-refractivity contribution in [1.29, 1.82) is 0 Å². The molecule has 0 spiro atoms. The summed E-state index contributed by atoms with van der Waals surface area (Å²) in [5, 5.41) is 0. The van der Waals surface area contributed by atoms with Crippen molar-refractivity contribution < 1.29 is 0 Å². The number of nitrogens with zero attached hydrogens (tertiary/aromatic N) is 1. The molecule has 0 unspecified atom stereocenters. The minimum atomic E-state index is 0. The van der Waals surface area contributed by atoms with Gasteiger partial charge in [-0.15, -0.1) is 24.0 Å². The van der Waals surface area contributed by atoms with Crippen molar-refractivity contribution in [2.45, 2.75) is 0 Å². The Kier molecular flexibility index (Phi) is 5.22. The highest BCUT2D eigenvalue weighted by Gasteiger charge is 2.10. The maximum Gasteiger partial charge on any atom is 0.0463 e. The predicted octanol–water partition coefficient (Wildman–Crippen LogP) is 5.36. The van der Waals surface area contributed by atoms with Crippen LogP contribution in [0.3, 0.4) is 0 Å². The fourth-order valence-electron chi connectivity index (χ4n) is 2.22. The Bertz CT molecular complexity index is 627. The van der Waals surface area contributed by atoms with Gasteiger partial charge in [-0.25, -0.2) is 0 Å². The molecule has 0 saturated carbocycles. The Morgan fingerprint density at radius 2 is 0.905 bits per heavy atom. The molecule has 0 aliphatic rings. The van der Waals surface area contributed by atoms with E-state index in [1.807, 2.05) is 60.7 Å². The molecule has 0 heterocycles. The van der Waals surface area contributed by atoms with Crippen molar-refractivity contribution in [3.05, 3.63) is 84.9 Å². The average Bonchev–Trinajstić information content (AvgIpc) is 2.52. The molecule has 21 heavy (non-hydrogen) atoms. The van der Waals surface area contributed by atoms with Crippen LogP contribution >= 0.6 is 24.0 Å². The van der Waals surface area contributed by atoms with Crippen molar-refractivity contribution >= 4 is 46.7 Å². The number of halogens is 1. The molecule has 3 aromatic carbocycles. The van der Waals surface area contributed by atoms with E-state index in [1.54, 1.807) is 0 Å². The van der Waals surface area contributed by atoms with Gasteiger partial charge in [0.05, 0.1) is 0 Å². The first-order valence-corrected chi connectivity index (χ1v) is 6.60. The summed E-state index contributed by atoms with van der Waals surface area (Å²) in [5.41, 5.74) is 9.91. The van der Waals surface area contributed by atoms with Crippen LogP contribution in [-0.4, -0.2) is 0 Å². The van der Waals surface area contributed by atoms with Crippen molar-refractivity contribution in [3.8, 4) is 0 Å². The van der Waals surface area contributed by atoms with Gasteiger partial charge < -0.3 is 10.6 Å². The van der Waals surface area contributed by atoms with Crippen molar-refractivity contribution in [2.75, 3.05) is 10.6 Å². The molecule has 0 atom stereocenters. The predicted molar refractivity (Wildman–Crippen MR) is 101 cm³/mol. The van der Waals surface area contributed by atoms with Gasteiger partial charge in [0, 0.05) is 22.7 Å². The third kappa shape index (κ3) is 3.55. The van der Waals surface area contributed by atoms with Gasteiger partial charge in [0.1, 0.15) is 0 Å². The maximum atomic E-state index is 5.79. The van der Waals surface area contributed by atoms with Gasteiger partial charge in [-0.05, 0) is 48.5 Å². The van der Waals surface area contributed by atoms with Crippen molar-refractivity contribution in [3.63, 3.8) is 0 Å². The lowest BCUT2D eigenvalue weighted by molar-refractivity contribution is 1.28. The normalized spacial score (nSPS) is 9.71. The van der Waals surface area contributed by atoms with Crippen LogP contribution in [-0.2, 0) is 0 Å². The molecule has 0 fully saturated rings. The maximum absolute atomic E-state index is 5.79. The zero-order valence-electron chi connectivity index (χ0n) is 11.5. The first-order chi connectivity index (χ1) is 9.84. The summed E-state index contributed by atoms with van der Waals surface area (Å²) in [6, 6.07) is 28.5. The number of anilines is 4. The summed E-state index contributed by atoms with van der Waals surface area (Å²) in [7, 11) is 0. The topological polar surface area (TPSA) is 29.3 Å². The van der Waals surface area contributed by atoms with E-state index >= 15 is 0 Å². The van der Waals surface area contributed by atoms with E-state index in [2.05, 4.69) is 29.2 Å². The van der Waals surface area contributed by atoms with Crippen LogP contribution in [0, 0.1) is 0 Å². The Morgan fingerprint density at radius 3 is 1.33 bits per heavy atom. The molecule has 0 amide bonds. The fourth-order valence-corrected chi connectivity index (χ4v) is 2.22. The lowest BCUT2D eigenvalue weighted by Crippen LogP contribution is -2.09. The van der Waals surface area contributed by atoms with Gasteiger partial charge in [-0.2, -0.15) is 0 Å². The van der Waals surface area contributed by atoms with Crippen molar-refractivity contribution in [2.24, 2.45) is 0 Å². The van der Waals surface area contributed by atoms with Crippen molar-refractivity contribution in [1.82, 2.24) is 0 Å². The lowest BCUT2D eigenvalue weighted by Gasteiger charge is -2.25. The Balaban J connectivity index is 0.00000161. The molecule has 0 radical (unpaired) electrons. The molecule has 0 aliphatic carbocycles. The van der Waals surface area contributed by atoms with Gasteiger partial charge in [-0.1, -0.05) is 36.4 Å². The van der Waals surface area contributed by atoms with E-state index in [0.717, 1.165) is 22.7 Å². The molecule has 106 valence electrons. The average molecular weight is 388 g/mol. The molecule has 2 nitrogen and oxygen atoms in total. The van der Waals surface area contributed by atoms with Crippen LogP contribution in [0.4, 0.5) is 22.7 Å². The number of rotatable bonds is 3. The number of hydrogen-bond donors (Lipinski definition) is 1. The zero-order valence-corrected chi connectivity index (χ0v) is 13.8. The largest absolute Gasteiger partial charge is 0.399 e. The zero-order chi connectivity index (χ0) is 13.8. The number of nitrogens with two attached hydrogens (primary N) is 1. The summed E-state index contributed by atoms with van der Waals surface area (Å²) in [4.78, 5) is 2.21. The summed E-state index contributed by atoms with van der Waals surface area (Å²) in [6.45, 7) is 0. The molecule has 3 aromatic rings. The minimum Gasteiger partial charge on any atom is -0.399 e. The van der Waals surface area contributed by atoms with E-state index in [1.165, 1.54) is 0 Å². The highest BCUT2D eigenvalue weighted by atomic mass is 127. The first-order valence-electron chi connectivity index (χ1n) is 6.60. The molecule has 2 N–H and O–H groups in total. The third-order valence-corrected chi connectivity index (χ3v) is 3.18. The number of nitrogen functional groups attached to an aromatic ring is 1. The van der Waals surface area contributed by atoms with Crippen LogP contribution in [0.5, 0.6) is 0 Å². The molecule has 3 heteroatoms. The van der Waals surface area contributed by atoms with Gasteiger partial charge in [0.15, 0.2) is 0 Å². The molecule has 0 saturated heterocycles. The third-order valence-electron chi connectivity index (χ3n) is 3.18. The van der Waals surface area contributed by atoms with E-state index in [9.17, 15) is 0 Å². The minimum absolute atomic E-state index is 0. The van der Waals surface area contributed by atoms with Crippen LogP contribution in [0.2, 0.25) is 0 Å². The number of para-hydroxylation sites is 2. The van der Waals surface area contributed by atoms with Gasteiger partial charge in [0.2, 0.25) is 0 Å². The molecule has 0 aromatic heterocycles. The Morgan fingerprint density at radius 1 is 0.524 bits per heavy atom. The quantitative estimate of drug-likeness (QED) is 0.484. The van der Waals surface area contributed by atoms with E-state index < -0.39 is 0 Å². The summed E-state index contributed by atoms with van der Waals surface area (Å²) in [5.74, 6) is 0. The Hall–Kier alpha value is -2.01. The highest BCUT2D eigenvalue weighted by Crippen LogP contribution is 2.34. The molecular formula is C18H17IN2. The Labute approximate surface area is 142 Å². The van der Waals surface area contributed by atoms with Crippen LogP contribution < -0.4 is 10.6 Å². The SMILES string of the molecule is I.Nc1ccc(N(c2ccccc2)c2ccccc2)cc1. The van der Waals surface area contributed by atoms with Crippen LogP contribution in [0.15, 0.2) is 84.9 Å². The standard InChI is InChI=1S/C18H16N2.HI/c19-15-11-13-18(14-12-15)20(16-7-3-1-4-8-16)17-9-5-2-6-10-17;/h1-14H,19H2;1H. The molecule has 3 rings (SSSR count). The summed E-state index contributed by atoms with van der Waals surface area (Å²) >= 11 is 0. The van der Waals surface area contributed by atoms with E-state index in [4.69, 9.17) is 5.73 Å². The number of hydrogen-bond acceptors (Lipinski definition) is 2. The number of benzene rings is 3. The van der Waals surface area contributed by atoms with Gasteiger partial charge >= 0.3 is 0 Å². The van der Waals surface area contributed by atoms with Crippen LogP contribution in [0.25, 0.3) is 0 Å². The highest BCUT2D eigenvalue weighted by molar-refractivity contribution is 14.0. The molecule has 0 bridgehead atoms. The first kappa shape index (κ1) is 15.4. The monoisotopic (exact) mass is 388 g/mol. The smallest absolute Gasteiger partial charge is 0.0463 e. The van der Waals surface area contributed by atoms with Gasteiger partial charge in [0.25, 0.3) is 0 Å². The molecule has 0 aliphatic heterocycles. The van der Waals surface area contributed by atoms with Gasteiger partial charge in [-0.3, -0.25) is 0 Å².